The molecule has 1 aromatic rings. The first kappa shape index (κ1) is 13.0. The van der Waals surface area contributed by atoms with Crippen molar-refractivity contribution < 1.29 is 4.74 Å². The third-order valence-corrected chi connectivity index (χ3v) is 3.27. The van der Waals surface area contributed by atoms with Crippen molar-refractivity contribution in [3.8, 4) is 0 Å². The van der Waals surface area contributed by atoms with Crippen molar-refractivity contribution >= 4 is 15.9 Å². The van der Waals surface area contributed by atoms with E-state index in [4.69, 9.17) is 4.74 Å². The van der Waals surface area contributed by atoms with E-state index in [0.29, 0.717) is 0 Å². The first-order valence-corrected chi connectivity index (χ1v) is 6.75. The van der Waals surface area contributed by atoms with E-state index in [-0.39, 0.29) is 0 Å². The molecule has 0 aromatic carbocycles. The van der Waals surface area contributed by atoms with Crippen LogP contribution in [0.3, 0.4) is 0 Å². The fraction of sp³-hybridized carbons (Fsp3) is 0.583. The van der Waals surface area contributed by atoms with Crippen LogP contribution in [0.1, 0.15) is 5.69 Å². The molecule has 1 N–H and O–H groups in total. The molecular weight excluding hydrogens is 282 g/mol. The van der Waals surface area contributed by atoms with Gasteiger partial charge in [0.1, 0.15) is 0 Å². The van der Waals surface area contributed by atoms with Crippen LogP contribution in [0.25, 0.3) is 0 Å². The highest BCUT2D eigenvalue weighted by atomic mass is 79.9. The summed E-state index contributed by atoms with van der Waals surface area (Å²) in [7, 11) is 0. The van der Waals surface area contributed by atoms with Crippen LogP contribution in [-0.4, -0.2) is 49.3 Å². The van der Waals surface area contributed by atoms with Crippen LogP contribution in [0.4, 0.5) is 0 Å². The first-order valence-electron chi connectivity index (χ1n) is 5.96. The van der Waals surface area contributed by atoms with Crippen molar-refractivity contribution in [2.24, 2.45) is 0 Å². The zero-order valence-corrected chi connectivity index (χ0v) is 11.4. The van der Waals surface area contributed by atoms with Gasteiger partial charge in [-0.25, -0.2) is 0 Å². The Morgan fingerprint density at radius 2 is 2.18 bits per heavy atom. The molecule has 4 nitrogen and oxygen atoms in total. The molecule has 0 unspecified atom stereocenters. The summed E-state index contributed by atoms with van der Waals surface area (Å²) in [6.07, 6.45) is 1.83. The number of halogens is 1. The molecule has 5 heteroatoms. The number of ether oxygens (including phenoxy) is 1. The number of nitrogens with one attached hydrogen (secondary N) is 1. The topological polar surface area (TPSA) is 37.4 Å². The number of hydrogen-bond donors (Lipinski definition) is 1. The fourth-order valence-electron chi connectivity index (χ4n) is 1.79. The van der Waals surface area contributed by atoms with Gasteiger partial charge in [-0.05, 0) is 28.1 Å². The van der Waals surface area contributed by atoms with Crippen molar-refractivity contribution in [1.29, 1.82) is 0 Å². The SMILES string of the molecule is Brc1ccc(CNCCN2CCOCC2)nc1. The molecule has 0 atom stereocenters. The van der Waals surface area contributed by atoms with Crippen LogP contribution < -0.4 is 5.32 Å². The summed E-state index contributed by atoms with van der Waals surface area (Å²) in [5, 5.41) is 3.41. The number of hydrogen-bond acceptors (Lipinski definition) is 4. The molecule has 1 fully saturated rings. The van der Waals surface area contributed by atoms with E-state index in [1.165, 1.54) is 0 Å². The van der Waals surface area contributed by atoms with Gasteiger partial charge >= 0.3 is 0 Å². The lowest BCUT2D eigenvalue weighted by molar-refractivity contribution is 0.0384. The van der Waals surface area contributed by atoms with E-state index >= 15 is 0 Å². The monoisotopic (exact) mass is 299 g/mol. The van der Waals surface area contributed by atoms with Gasteiger partial charge in [0.15, 0.2) is 0 Å². The lowest BCUT2D eigenvalue weighted by atomic mass is 10.3. The Morgan fingerprint density at radius 1 is 1.35 bits per heavy atom. The number of rotatable bonds is 5. The summed E-state index contributed by atoms with van der Waals surface area (Å²) in [4.78, 5) is 6.74. The molecule has 0 amide bonds. The Bertz CT molecular complexity index is 325. The number of nitrogens with zero attached hydrogens (tertiary/aromatic N) is 2. The Kier molecular flexibility index (Phi) is 5.38. The van der Waals surface area contributed by atoms with Gasteiger partial charge in [-0.1, -0.05) is 0 Å². The van der Waals surface area contributed by atoms with Crippen LogP contribution in [0, 0.1) is 0 Å². The standard InChI is InChI=1S/C12H18BrN3O/c13-11-1-2-12(15-9-11)10-14-3-4-16-5-7-17-8-6-16/h1-2,9,14H,3-8,10H2. The van der Waals surface area contributed by atoms with Crippen molar-refractivity contribution in [3.05, 3.63) is 28.5 Å². The average molecular weight is 300 g/mol. The average Bonchev–Trinajstić information content (AvgIpc) is 2.38. The normalized spacial score (nSPS) is 17.2. The molecule has 1 aliphatic heterocycles. The van der Waals surface area contributed by atoms with Gasteiger partial charge in [0.2, 0.25) is 0 Å². The van der Waals surface area contributed by atoms with Gasteiger partial charge < -0.3 is 10.1 Å². The van der Waals surface area contributed by atoms with E-state index in [1.807, 2.05) is 18.3 Å². The molecule has 1 saturated heterocycles. The molecule has 1 aromatic heterocycles. The quantitative estimate of drug-likeness (QED) is 0.831. The van der Waals surface area contributed by atoms with Gasteiger partial charge in [-0.3, -0.25) is 9.88 Å². The maximum Gasteiger partial charge on any atom is 0.0594 e. The van der Waals surface area contributed by atoms with E-state index in [0.717, 1.165) is 56.1 Å². The summed E-state index contributed by atoms with van der Waals surface area (Å²) in [6.45, 7) is 6.76. The number of pyridine rings is 1. The molecular formula is C12H18BrN3O. The highest BCUT2D eigenvalue weighted by Crippen LogP contribution is 2.06. The molecule has 0 radical (unpaired) electrons. The van der Waals surface area contributed by atoms with E-state index in [1.54, 1.807) is 0 Å². The molecule has 0 bridgehead atoms. The molecule has 1 aliphatic rings. The summed E-state index contributed by atoms with van der Waals surface area (Å²) in [5.74, 6) is 0. The van der Waals surface area contributed by atoms with E-state index < -0.39 is 0 Å². The summed E-state index contributed by atoms with van der Waals surface area (Å²) < 4.78 is 6.33. The smallest absolute Gasteiger partial charge is 0.0594 e. The summed E-state index contributed by atoms with van der Waals surface area (Å²) >= 11 is 3.38. The van der Waals surface area contributed by atoms with Gasteiger partial charge in [0, 0.05) is 43.4 Å². The zero-order chi connectivity index (χ0) is 11.9. The molecule has 0 aliphatic carbocycles. The van der Waals surface area contributed by atoms with Crippen LogP contribution in [0.2, 0.25) is 0 Å². The first-order chi connectivity index (χ1) is 8.34. The minimum absolute atomic E-state index is 0.831. The van der Waals surface area contributed by atoms with Crippen molar-refractivity contribution in [2.45, 2.75) is 6.54 Å². The van der Waals surface area contributed by atoms with Gasteiger partial charge in [-0.15, -0.1) is 0 Å². The third kappa shape index (κ3) is 4.71. The molecule has 17 heavy (non-hydrogen) atoms. The predicted octanol–water partition coefficient (Wildman–Crippen LogP) is 1.27. The second-order valence-electron chi connectivity index (χ2n) is 4.10. The Morgan fingerprint density at radius 3 is 2.88 bits per heavy atom. The Balaban J connectivity index is 1.60. The van der Waals surface area contributed by atoms with Crippen LogP contribution in [-0.2, 0) is 11.3 Å². The lowest BCUT2D eigenvalue weighted by Gasteiger charge is -2.26. The molecule has 2 rings (SSSR count). The maximum atomic E-state index is 5.31. The van der Waals surface area contributed by atoms with Crippen molar-refractivity contribution in [2.75, 3.05) is 39.4 Å². The second kappa shape index (κ2) is 7.06. The van der Waals surface area contributed by atoms with Crippen molar-refractivity contribution in [1.82, 2.24) is 15.2 Å². The minimum Gasteiger partial charge on any atom is -0.379 e. The van der Waals surface area contributed by atoms with Crippen LogP contribution in [0.5, 0.6) is 0 Å². The second-order valence-corrected chi connectivity index (χ2v) is 5.01. The van der Waals surface area contributed by atoms with E-state index in [2.05, 4.69) is 31.1 Å². The molecule has 0 spiro atoms. The number of aromatic nitrogens is 1. The molecule has 2 heterocycles. The zero-order valence-electron chi connectivity index (χ0n) is 9.86. The van der Waals surface area contributed by atoms with Gasteiger partial charge in [-0.2, -0.15) is 0 Å². The van der Waals surface area contributed by atoms with Gasteiger partial charge in [0.05, 0.1) is 18.9 Å². The summed E-state index contributed by atoms with van der Waals surface area (Å²) in [6, 6.07) is 4.05. The van der Waals surface area contributed by atoms with Gasteiger partial charge in [0.25, 0.3) is 0 Å². The van der Waals surface area contributed by atoms with Crippen LogP contribution in [0.15, 0.2) is 22.8 Å². The van der Waals surface area contributed by atoms with E-state index in [9.17, 15) is 0 Å². The minimum atomic E-state index is 0.831. The third-order valence-electron chi connectivity index (χ3n) is 2.80. The Labute approximate surface area is 110 Å². The highest BCUT2D eigenvalue weighted by Gasteiger charge is 2.08. The maximum absolute atomic E-state index is 5.31. The van der Waals surface area contributed by atoms with Crippen molar-refractivity contribution in [3.63, 3.8) is 0 Å². The lowest BCUT2D eigenvalue weighted by Crippen LogP contribution is -2.40. The number of morpholine rings is 1. The Hall–Kier alpha value is -0.490. The highest BCUT2D eigenvalue weighted by molar-refractivity contribution is 9.10. The van der Waals surface area contributed by atoms with Crippen LogP contribution >= 0.6 is 15.9 Å². The largest absolute Gasteiger partial charge is 0.379 e. The molecule has 94 valence electrons. The summed E-state index contributed by atoms with van der Waals surface area (Å²) in [5.41, 5.74) is 1.08. The predicted molar refractivity (Wildman–Crippen MR) is 70.9 cm³/mol. The molecule has 0 saturated carbocycles. The fourth-order valence-corrected chi connectivity index (χ4v) is 2.02.